The molecule has 0 aliphatic carbocycles. The molecular weight excluding hydrogens is 198 g/mol. The van der Waals surface area contributed by atoms with Gasteiger partial charge in [0.25, 0.3) is 0 Å². The van der Waals surface area contributed by atoms with Gasteiger partial charge in [-0.15, -0.1) is 0 Å². The number of halogens is 1. The second-order valence-corrected chi connectivity index (χ2v) is 3.66. The zero-order valence-corrected chi connectivity index (χ0v) is 8.38. The highest BCUT2D eigenvalue weighted by Crippen LogP contribution is 2.27. The van der Waals surface area contributed by atoms with Crippen LogP contribution in [0.2, 0.25) is 5.02 Å². The van der Waals surface area contributed by atoms with Gasteiger partial charge in [0.1, 0.15) is 0 Å². The number of H-pyrrole nitrogens is 1. The summed E-state index contributed by atoms with van der Waals surface area (Å²) >= 11 is 6.01. The summed E-state index contributed by atoms with van der Waals surface area (Å²) < 4.78 is 0. The van der Waals surface area contributed by atoms with Crippen LogP contribution in [0.1, 0.15) is 11.6 Å². The lowest BCUT2D eigenvalue weighted by Crippen LogP contribution is -2.20. The van der Waals surface area contributed by atoms with E-state index in [0.29, 0.717) is 11.6 Å². The van der Waals surface area contributed by atoms with E-state index in [1.165, 1.54) is 0 Å². The summed E-state index contributed by atoms with van der Waals surface area (Å²) in [4.78, 5) is 3.10. The van der Waals surface area contributed by atoms with Crippen LogP contribution in [0.25, 0.3) is 10.9 Å². The van der Waals surface area contributed by atoms with E-state index >= 15 is 0 Å². The molecular formula is C10H12ClN3. The molecule has 4 heteroatoms. The molecule has 1 aromatic carbocycles. The molecule has 74 valence electrons. The Hall–Kier alpha value is -1.03. The second-order valence-electron chi connectivity index (χ2n) is 3.25. The number of hydrogen-bond acceptors (Lipinski definition) is 2. The van der Waals surface area contributed by atoms with Crippen molar-refractivity contribution in [3.63, 3.8) is 0 Å². The topological polar surface area (TPSA) is 67.8 Å². The lowest BCUT2D eigenvalue weighted by Gasteiger charge is -2.06. The molecule has 3 nitrogen and oxygen atoms in total. The summed E-state index contributed by atoms with van der Waals surface area (Å²) in [6, 6.07) is 5.61. The largest absolute Gasteiger partial charge is 0.360 e. The first-order valence-corrected chi connectivity index (χ1v) is 4.83. The van der Waals surface area contributed by atoms with Crippen molar-refractivity contribution in [3.8, 4) is 0 Å². The minimum absolute atomic E-state index is 0.137. The van der Waals surface area contributed by atoms with Crippen LogP contribution >= 0.6 is 11.6 Å². The highest BCUT2D eigenvalue weighted by Gasteiger charge is 2.10. The first-order valence-electron chi connectivity index (χ1n) is 4.45. The number of nitrogens with one attached hydrogen (secondary N) is 1. The minimum Gasteiger partial charge on any atom is -0.360 e. The summed E-state index contributed by atoms with van der Waals surface area (Å²) in [5.74, 6) is 0. The number of benzene rings is 1. The Bertz CT molecular complexity index is 450. The van der Waals surface area contributed by atoms with Crippen LogP contribution in [0.4, 0.5) is 0 Å². The third-order valence-electron chi connectivity index (χ3n) is 2.35. The predicted octanol–water partition coefficient (Wildman–Crippen LogP) is 1.78. The van der Waals surface area contributed by atoms with Gasteiger partial charge in [-0.1, -0.05) is 23.7 Å². The summed E-state index contributed by atoms with van der Waals surface area (Å²) in [5, 5.41) is 1.76. The zero-order valence-electron chi connectivity index (χ0n) is 7.63. The maximum Gasteiger partial charge on any atom is 0.0647 e. The van der Waals surface area contributed by atoms with Crippen molar-refractivity contribution >= 4 is 22.5 Å². The van der Waals surface area contributed by atoms with E-state index in [1.807, 2.05) is 24.4 Å². The van der Waals surface area contributed by atoms with Gasteiger partial charge in [0.2, 0.25) is 0 Å². The molecule has 0 bridgehead atoms. The van der Waals surface area contributed by atoms with Crippen LogP contribution < -0.4 is 11.5 Å². The number of para-hydroxylation sites is 1. The van der Waals surface area contributed by atoms with E-state index in [-0.39, 0.29) is 6.04 Å². The third-order valence-corrected chi connectivity index (χ3v) is 2.66. The van der Waals surface area contributed by atoms with E-state index in [2.05, 4.69) is 4.98 Å². The van der Waals surface area contributed by atoms with E-state index in [0.717, 1.165) is 16.5 Å². The number of rotatable bonds is 2. The van der Waals surface area contributed by atoms with Crippen LogP contribution in [0.5, 0.6) is 0 Å². The molecule has 1 heterocycles. The first kappa shape index (κ1) is 9.52. The van der Waals surface area contributed by atoms with Gasteiger partial charge in [-0.25, -0.2) is 0 Å². The molecule has 5 N–H and O–H groups in total. The van der Waals surface area contributed by atoms with Crippen LogP contribution in [0.15, 0.2) is 24.4 Å². The van der Waals surface area contributed by atoms with Gasteiger partial charge in [-0.05, 0) is 11.6 Å². The number of nitrogens with two attached hydrogens (primary N) is 2. The molecule has 0 saturated heterocycles. The van der Waals surface area contributed by atoms with E-state index in [1.54, 1.807) is 0 Å². The number of aromatic nitrogens is 1. The molecule has 0 saturated carbocycles. The average molecular weight is 210 g/mol. The predicted molar refractivity (Wildman–Crippen MR) is 59.3 cm³/mol. The lowest BCUT2D eigenvalue weighted by molar-refractivity contribution is 0.743. The van der Waals surface area contributed by atoms with Gasteiger partial charge in [0.05, 0.1) is 10.5 Å². The minimum atomic E-state index is -0.137. The third kappa shape index (κ3) is 1.39. The highest BCUT2D eigenvalue weighted by molar-refractivity contribution is 6.35. The van der Waals surface area contributed by atoms with Crippen molar-refractivity contribution in [3.05, 3.63) is 35.0 Å². The van der Waals surface area contributed by atoms with E-state index in [9.17, 15) is 0 Å². The first-order chi connectivity index (χ1) is 6.74. The van der Waals surface area contributed by atoms with Crippen molar-refractivity contribution in [1.82, 2.24) is 4.98 Å². The monoisotopic (exact) mass is 209 g/mol. The maximum atomic E-state index is 6.01. The van der Waals surface area contributed by atoms with Crippen molar-refractivity contribution < 1.29 is 0 Å². The molecule has 0 radical (unpaired) electrons. The van der Waals surface area contributed by atoms with Gasteiger partial charge in [0.15, 0.2) is 0 Å². The van der Waals surface area contributed by atoms with Gasteiger partial charge in [-0.3, -0.25) is 0 Å². The SMILES string of the molecule is NC[C@H](N)c1c[nH]c2c(Cl)cccc12. The molecule has 0 spiro atoms. The Morgan fingerprint density at radius 2 is 2.21 bits per heavy atom. The molecule has 1 atom stereocenters. The molecule has 0 unspecified atom stereocenters. The van der Waals surface area contributed by atoms with Crippen LogP contribution in [-0.2, 0) is 0 Å². The Morgan fingerprint density at radius 1 is 1.43 bits per heavy atom. The van der Waals surface area contributed by atoms with Gasteiger partial charge in [0, 0.05) is 24.2 Å². The number of hydrogen-bond donors (Lipinski definition) is 3. The molecule has 0 aliphatic rings. The van der Waals surface area contributed by atoms with E-state index < -0.39 is 0 Å². The highest BCUT2D eigenvalue weighted by atomic mass is 35.5. The van der Waals surface area contributed by atoms with E-state index in [4.69, 9.17) is 23.1 Å². The fraction of sp³-hybridized carbons (Fsp3) is 0.200. The summed E-state index contributed by atoms with van der Waals surface area (Å²) in [6.07, 6.45) is 1.87. The maximum absolute atomic E-state index is 6.01. The average Bonchev–Trinajstić information content (AvgIpc) is 2.62. The number of aromatic amines is 1. The Labute approximate surface area is 87.0 Å². The van der Waals surface area contributed by atoms with Crippen molar-refractivity contribution in [1.29, 1.82) is 0 Å². The lowest BCUT2D eigenvalue weighted by atomic mass is 10.1. The van der Waals surface area contributed by atoms with Crippen LogP contribution in [0, 0.1) is 0 Å². The molecule has 0 fully saturated rings. The fourth-order valence-corrected chi connectivity index (χ4v) is 1.80. The van der Waals surface area contributed by atoms with Crippen molar-refractivity contribution in [2.45, 2.75) is 6.04 Å². The molecule has 2 rings (SSSR count). The quantitative estimate of drug-likeness (QED) is 0.706. The Morgan fingerprint density at radius 3 is 2.93 bits per heavy atom. The smallest absolute Gasteiger partial charge is 0.0647 e. The normalized spacial score (nSPS) is 13.4. The number of fused-ring (bicyclic) bond motifs is 1. The molecule has 1 aromatic heterocycles. The standard InChI is InChI=1S/C10H12ClN3/c11-8-3-1-2-6-7(9(13)4-12)5-14-10(6)8/h1-3,5,9,14H,4,12-13H2/t9-/m0/s1. The van der Waals surface area contributed by atoms with Crippen LogP contribution in [-0.4, -0.2) is 11.5 Å². The van der Waals surface area contributed by atoms with Crippen LogP contribution in [0.3, 0.4) is 0 Å². The van der Waals surface area contributed by atoms with Gasteiger partial charge < -0.3 is 16.5 Å². The van der Waals surface area contributed by atoms with Gasteiger partial charge in [-0.2, -0.15) is 0 Å². The summed E-state index contributed by atoms with van der Waals surface area (Å²) in [6.45, 7) is 0.430. The molecule has 0 amide bonds. The van der Waals surface area contributed by atoms with Crippen molar-refractivity contribution in [2.75, 3.05) is 6.54 Å². The second kappa shape index (κ2) is 3.61. The zero-order chi connectivity index (χ0) is 10.1. The van der Waals surface area contributed by atoms with Crippen molar-refractivity contribution in [2.24, 2.45) is 11.5 Å². The van der Waals surface area contributed by atoms with Gasteiger partial charge >= 0.3 is 0 Å². The molecule has 0 aliphatic heterocycles. The molecule has 14 heavy (non-hydrogen) atoms. The Balaban J connectivity index is 2.63. The fourth-order valence-electron chi connectivity index (χ4n) is 1.57. The summed E-state index contributed by atoms with van der Waals surface area (Å²) in [5.41, 5.74) is 13.3. The summed E-state index contributed by atoms with van der Waals surface area (Å²) in [7, 11) is 0. The Kier molecular flexibility index (Phi) is 2.46. The molecule has 2 aromatic rings.